The molecule has 17 heavy (non-hydrogen) atoms. The van der Waals surface area contributed by atoms with Crippen LogP contribution in [-0.2, 0) is 6.54 Å². The molecule has 0 spiro atoms. The Kier molecular flexibility index (Phi) is 4.22. The van der Waals surface area contributed by atoms with Crippen LogP contribution in [-0.4, -0.2) is 28.0 Å². The Morgan fingerprint density at radius 2 is 2.35 bits per heavy atom. The topological polar surface area (TPSA) is 103 Å². The number of aromatic nitrogens is 1. The Hall–Kier alpha value is -1.89. The van der Waals surface area contributed by atoms with Gasteiger partial charge in [-0.25, -0.2) is 0 Å². The van der Waals surface area contributed by atoms with E-state index in [1.165, 1.54) is 16.8 Å². The third-order valence-corrected chi connectivity index (χ3v) is 2.25. The monoisotopic (exact) mass is 240 g/mol. The second-order valence-corrected chi connectivity index (χ2v) is 3.81. The molecular formula is C10H16N4O3. The summed E-state index contributed by atoms with van der Waals surface area (Å²) in [5.41, 5.74) is 5.71. The molecule has 1 aromatic rings. The molecule has 1 atom stereocenters. The number of hydrogen-bond acceptors (Lipinski definition) is 4. The van der Waals surface area contributed by atoms with Gasteiger partial charge in [0.2, 0.25) is 0 Å². The fourth-order valence-electron chi connectivity index (χ4n) is 1.39. The van der Waals surface area contributed by atoms with Crippen molar-refractivity contribution in [1.29, 1.82) is 0 Å². The van der Waals surface area contributed by atoms with E-state index in [2.05, 4.69) is 5.32 Å². The van der Waals surface area contributed by atoms with E-state index < -0.39 is 4.92 Å². The summed E-state index contributed by atoms with van der Waals surface area (Å²) >= 11 is 0. The van der Waals surface area contributed by atoms with Crippen LogP contribution in [0.25, 0.3) is 0 Å². The predicted molar refractivity (Wildman–Crippen MR) is 62.7 cm³/mol. The maximum Gasteiger partial charge on any atom is 0.287 e. The molecule has 94 valence electrons. The molecule has 0 bridgehead atoms. The van der Waals surface area contributed by atoms with E-state index in [4.69, 9.17) is 5.73 Å². The van der Waals surface area contributed by atoms with Gasteiger partial charge in [-0.15, -0.1) is 0 Å². The maximum atomic E-state index is 11.8. The lowest BCUT2D eigenvalue weighted by molar-refractivity contribution is -0.384. The van der Waals surface area contributed by atoms with Crippen molar-refractivity contribution < 1.29 is 9.72 Å². The van der Waals surface area contributed by atoms with Gasteiger partial charge in [0, 0.05) is 25.2 Å². The van der Waals surface area contributed by atoms with Gasteiger partial charge in [-0.05, 0) is 13.8 Å². The lowest BCUT2D eigenvalue weighted by atomic mass is 10.3. The molecule has 1 unspecified atom stereocenters. The molecule has 7 nitrogen and oxygen atoms in total. The highest BCUT2D eigenvalue weighted by atomic mass is 16.6. The Balaban J connectivity index is 2.88. The molecule has 1 rings (SSSR count). The maximum absolute atomic E-state index is 11.8. The van der Waals surface area contributed by atoms with Crippen molar-refractivity contribution in [2.45, 2.75) is 26.4 Å². The zero-order valence-corrected chi connectivity index (χ0v) is 9.84. The Morgan fingerprint density at radius 3 is 2.82 bits per heavy atom. The van der Waals surface area contributed by atoms with Crippen LogP contribution in [0.5, 0.6) is 0 Å². The van der Waals surface area contributed by atoms with Crippen LogP contribution in [0.15, 0.2) is 12.3 Å². The smallest absolute Gasteiger partial charge is 0.287 e. The zero-order chi connectivity index (χ0) is 13.0. The number of nitrogens with one attached hydrogen (secondary N) is 1. The molecule has 0 aliphatic heterocycles. The van der Waals surface area contributed by atoms with Gasteiger partial charge in [-0.2, -0.15) is 0 Å². The van der Waals surface area contributed by atoms with E-state index in [0.29, 0.717) is 13.1 Å². The first-order chi connectivity index (χ1) is 7.95. The highest BCUT2D eigenvalue weighted by molar-refractivity contribution is 5.93. The molecule has 0 radical (unpaired) electrons. The molecule has 0 fully saturated rings. The van der Waals surface area contributed by atoms with Gasteiger partial charge >= 0.3 is 0 Å². The molecular weight excluding hydrogens is 224 g/mol. The van der Waals surface area contributed by atoms with Crippen molar-refractivity contribution >= 4 is 11.6 Å². The second kappa shape index (κ2) is 5.44. The number of nitro groups is 1. The summed E-state index contributed by atoms with van der Waals surface area (Å²) in [5, 5.41) is 13.2. The summed E-state index contributed by atoms with van der Waals surface area (Å²) in [7, 11) is 0. The number of hydrogen-bond donors (Lipinski definition) is 2. The van der Waals surface area contributed by atoms with Crippen LogP contribution in [0, 0.1) is 10.1 Å². The van der Waals surface area contributed by atoms with Gasteiger partial charge in [0.25, 0.3) is 11.6 Å². The normalized spacial score (nSPS) is 12.2. The molecule has 0 aromatic carbocycles. The SMILES string of the molecule is CCn1cc([N+](=O)[O-])cc1C(=O)NCC(C)N. The number of rotatable bonds is 5. The largest absolute Gasteiger partial charge is 0.349 e. The quantitative estimate of drug-likeness (QED) is 0.577. The lowest BCUT2D eigenvalue weighted by Gasteiger charge is -2.08. The van der Waals surface area contributed by atoms with Crippen molar-refractivity contribution in [3.63, 3.8) is 0 Å². The zero-order valence-electron chi connectivity index (χ0n) is 9.84. The van der Waals surface area contributed by atoms with Gasteiger partial charge in [-0.3, -0.25) is 14.9 Å². The van der Waals surface area contributed by atoms with E-state index in [1.54, 1.807) is 6.92 Å². The van der Waals surface area contributed by atoms with Crippen molar-refractivity contribution in [1.82, 2.24) is 9.88 Å². The lowest BCUT2D eigenvalue weighted by Crippen LogP contribution is -2.35. The first kappa shape index (κ1) is 13.2. The van der Waals surface area contributed by atoms with Crippen LogP contribution >= 0.6 is 0 Å². The van der Waals surface area contributed by atoms with E-state index in [0.717, 1.165) is 0 Å². The van der Waals surface area contributed by atoms with Gasteiger partial charge in [0.1, 0.15) is 5.69 Å². The average Bonchev–Trinajstić information content (AvgIpc) is 2.69. The number of carbonyl (C=O) groups excluding carboxylic acids is 1. The van der Waals surface area contributed by atoms with Crippen LogP contribution in [0.1, 0.15) is 24.3 Å². The fraction of sp³-hybridized carbons (Fsp3) is 0.500. The van der Waals surface area contributed by atoms with E-state index in [9.17, 15) is 14.9 Å². The predicted octanol–water partition coefficient (Wildman–Crippen LogP) is 0.493. The summed E-state index contributed by atoms with van der Waals surface area (Å²) in [6.45, 7) is 4.41. The van der Waals surface area contributed by atoms with E-state index in [1.807, 2.05) is 6.92 Å². The summed E-state index contributed by atoms with van der Waals surface area (Å²) in [6, 6.07) is 1.11. The molecule has 1 aromatic heterocycles. The van der Waals surface area contributed by atoms with Gasteiger partial charge < -0.3 is 15.6 Å². The summed E-state index contributed by atoms with van der Waals surface area (Å²) in [6.07, 6.45) is 1.35. The molecule has 0 aliphatic rings. The van der Waals surface area contributed by atoms with Crippen molar-refractivity contribution in [3.8, 4) is 0 Å². The first-order valence-electron chi connectivity index (χ1n) is 5.34. The van der Waals surface area contributed by atoms with Crippen LogP contribution in [0.3, 0.4) is 0 Å². The van der Waals surface area contributed by atoms with Crippen LogP contribution in [0.4, 0.5) is 5.69 Å². The molecule has 1 heterocycles. The number of nitrogens with two attached hydrogens (primary N) is 1. The molecule has 0 aliphatic carbocycles. The third kappa shape index (κ3) is 3.28. The Bertz CT molecular complexity index is 425. The minimum Gasteiger partial charge on any atom is -0.349 e. The molecule has 7 heteroatoms. The third-order valence-electron chi connectivity index (χ3n) is 2.25. The van der Waals surface area contributed by atoms with Crippen LogP contribution < -0.4 is 11.1 Å². The van der Waals surface area contributed by atoms with E-state index in [-0.39, 0.29) is 23.3 Å². The average molecular weight is 240 g/mol. The van der Waals surface area contributed by atoms with Crippen molar-refractivity contribution in [2.75, 3.05) is 6.54 Å². The van der Waals surface area contributed by atoms with Crippen LogP contribution in [0.2, 0.25) is 0 Å². The van der Waals surface area contributed by atoms with Crippen molar-refractivity contribution in [2.24, 2.45) is 5.73 Å². The molecule has 0 saturated carbocycles. The number of nitrogens with zero attached hydrogens (tertiary/aromatic N) is 2. The minimum absolute atomic E-state index is 0.0854. The second-order valence-electron chi connectivity index (χ2n) is 3.81. The Morgan fingerprint density at radius 1 is 1.71 bits per heavy atom. The first-order valence-corrected chi connectivity index (χ1v) is 5.34. The van der Waals surface area contributed by atoms with Gasteiger partial charge in [-0.1, -0.05) is 0 Å². The van der Waals surface area contributed by atoms with Gasteiger partial charge in [0.15, 0.2) is 0 Å². The van der Waals surface area contributed by atoms with Gasteiger partial charge in [0.05, 0.1) is 11.1 Å². The standard InChI is InChI=1S/C10H16N4O3/c1-3-13-6-8(14(16)17)4-9(13)10(15)12-5-7(2)11/h4,6-7H,3,5,11H2,1-2H3,(H,12,15). The number of aryl methyl sites for hydroxylation is 1. The summed E-state index contributed by atoms with van der Waals surface area (Å²) in [5.74, 6) is -0.350. The summed E-state index contributed by atoms with van der Waals surface area (Å²) < 4.78 is 1.54. The molecule has 0 saturated heterocycles. The van der Waals surface area contributed by atoms with E-state index >= 15 is 0 Å². The number of carbonyl (C=O) groups is 1. The molecule has 3 N–H and O–H groups in total. The highest BCUT2D eigenvalue weighted by Crippen LogP contribution is 2.16. The van der Waals surface area contributed by atoms with Crippen molar-refractivity contribution in [3.05, 3.63) is 28.1 Å². The molecule has 1 amide bonds. The highest BCUT2D eigenvalue weighted by Gasteiger charge is 2.18. The minimum atomic E-state index is -0.519. The number of amides is 1. The fourth-order valence-corrected chi connectivity index (χ4v) is 1.39. The summed E-state index contributed by atoms with van der Waals surface area (Å²) in [4.78, 5) is 21.8. The Labute approximate surface area is 98.7 Å².